The summed E-state index contributed by atoms with van der Waals surface area (Å²) in [6.45, 7) is 3.15. The highest BCUT2D eigenvalue weighted by Gasteiger charge is 2.37. The molecule has 0 aromatic heterocycles. The monoisotopic (exact) mass is 315 g/mol. The molecule has 21 heavy (non-hydrogen) atoms. The normalized spacial score (nSPS) is 30.0. The van der Waals surface area contributed by atoms with Crippen LogP contribution in [0, 0.1) is 0 Å². The lowest BCUT2D eigenvalue weighted by Gasteiger charge is -2.39. The van der Waals surface area contributed by atoms with Crippen molar-refractivity contribution in [1.29, 1.82) is 0 Å². The minimum atomic E-state index is -3.34. The molecular formula is C14H25N3O3S. The van der Waals surface area contributed by atoms with E-state index in [0.29, 0.717) is 32.6 Å². The van der Waals surface area contributed by atoms with E-state index in [1.807, 2.05) is 4.90 Å². The van der Waals surface area contributed by atoms with Crippen molar-refractivity contribution in [2.75, 3.05) is 32.7 Å². The predicted octanol–water partition coefficient (Wildman–Crippen LogP) is 0.804. The number of nitrogens with zero attached hydrogens (tertiary/aromatic N) is 3. The summed E-state index contributed by atoms with van der Waals surface area (Å²) in [7, 11) is -3.34. The van der Waals surface area contributed by atoms with E-state index in [1.54, 1.807) is 8.61 Å². The molecule has 0 radical (unpaired) electrons. The summed E-state index contributed by atoms with van der Waals surface area (Å²) in [6, 6.07) is 0.0771. The maximum absolute atomic E-state index is 12.7. The molecule has 120 valence electrons. The standard InChI is InChI=1S/C14H25N3O3S/c18-14-7-5-11-17(14)13-6-4-10-16(12-13)21(19,20)15-8-2-1-3-9-15/h13H,1-12H2. The fraction of sp³-hybridized carbons (Fsp3) is 0.929. The van der Waals surface area contributed by atoms with Crippen LogP contribution in [0.4, 0.5) is 0 Å². The molecule has 3 rings (SSSR count). The largest absolute Gasteiger partial charge is 0.338 e. The molecule has 0 aromatic carbocycles. The Morgan fingerprint density at radius 2 is 1.57 bits per heavy atom. The lowest BCUT2D eigenvalue weighted by Crippen LogP contribution is -2.54. The minimum Gasteiger partial charge on any atom is -0.338 e. The molecule has 0 aromatic rings. The van der Waals surface area contributed by atoms with Crippen molar-refractivity contribution in [3.63, 3.8) is 0 Å². The van der Waals surface area contributed by atoms with Crippen molar-refractivity contribution in [2.45, 2.75) is 51.0 Å². The van der Waals surface area contributed by atoms with Gasteiger partial charge in [0.25, 0.3) is 10.2 Å². The third-order valence-electron chi connectivity index (χ3n) is 4.88. The van der Waals surface area contributed by atoms with Crippen molar-refractivity contribution in [2.24, 2.45) is 0 Å². The van der Waals surface area contributed by atoms with Crippen molar-refractivity contribution in [1.82, 2.24) is 13.5 Å². The molecule has 1 unspecified atom stereocenters. The summed E-state index contributed by atoms with van der Waals surface area (Å²) in [5.74, 6) is 0.192. The first-order valence-electron chi connectivity index (χ1n) is 8.14. The van der Waals surface area contributed by atoms with Gasteiger partial charge < -0.3 is 4.90 Å². The van der Waals surface area contributed by atoms with Crippen LogP contribution in [0.15, 0.2) is 0 Å². The van der Waals surface area contributed by atoms with E-state index in [9.17, 15) is 13.2 Å². The molecule has 1 atom stereocenters. The van der Waals surface area contributed by atoms with Crippen molar-refractivity contribution < 1.29 is 13.2 Å². The van der Waals surface area contributed by atoms with E-state index in [2.05, 4.69) is 0 Å². The molecular weight excluding hydrogens is 290 g/mol. The summed E-state index contributed by atoms with van der Waals surface area (Å²) in [4.78, 5) is 13.8. The molecule has 3 saturated heterocycles. The van der Waals surface area contributed by atoms with Gasteiger partial charge in [0.1, 0.15) is 0 Å². The van der Waals surface area contributed by atoms with Crippen LogP contribution in [0.2, 0.25) is 0 Å². The summed E-state index contributed by atoms with van der Waals surface area (Å²) in [5, 5.41) is 0. The van der Waals surface area contributed by atoms with E-state index in [-0.39, 0.29) is 11.9 Å². The first-order chi connectivity index (χ1) is 10.1. The van der Waals surface area contributed by atoms with Gasteiger partial charge in [0, 0.05) is 45.2 Å². The average molecular weight is 315 g/mol. The number of hydrogen-bond donors (Lipinski definition) is 0. The molecule has 0 spiro atoms. The molecule has 0 bridgehead atoms. The zero-order valence-corrected chi connectivity index (χ0v) is 13.4. The van der Waals surface area contributed by atoms with Gasteiger partial charge in [0.2, 0.25) is 5.91 Å². The molecule has 0 N–H and O–H groups in total. The van der Waals surface area contributed by atoms with E-state index in [1.165, 1.54) is 0 Å². The maximum Gasteiger partial charge on any atom is 0.282 e. The zero-order valence-electron chi connectivity index (χ0n) is 12.5. The van der Waals surface area contributed by atoms with Crippen molar-refractivity contribution in [3.8, 4) is 0 Å². The SMILES string of the molecule is O=C1CCCN1C1CCCN(S(=O)(=O)N2CCCCC2)C1. The summed E-state index contributed by atoms with van der Waals surface area (Å²) < 4.78 is 28.7. The summed E-state index contributed by atoms with van der Waals surface area (Å²) in [5.41, 5.74) is 0. The first kappa shape index (κ1) is 15.2. The van der Waals surface area contributed by atoms with Crippen LogP contribution in [0.25, 0.3) is 0 Å². The maximum atomic E-state index is 12.7. The van der Waals surface area contributed by atoms with E-state index in [4.69, 9.17) is 0 Å². The minimum absolute atomic E-state index is 0.0771. The molecule has 3 aliphatic rings. The smallest absolute Gasteiger partial charge is 0.282 e. The van der Waals surface area contributed by atoms with Gasteiger partial charge in [-0.05, 0) is 32.1 Å². The van der Waals surface area contributed by atoms with Crippen LogP contribution < -0.4 is 0 Å². The van der Waals surface area contributed by atoms with Gasteiger partial charge >= 0.3 is 0 Å². The van der Waals surface area contributed by atoms with Gasteiger partial charge in [-0.2, -0.15) is 17.0 Å². The van der Waals surface area contributed by atoms with Crippen LogP contribution in [0.3, 0.4) is 0 Å². The topological polar surface area (TPSA) is 60.9 Å². The van der Waals surface area contributed by atoms with Gasteiger partial charge in [0.05, 0.1) is 0 Å². The first-order valence-corrected chi connectivity index (χ1v) is 9.53. The highest BCUT2D eigenvalue weighted by atomic mass is 32.2. The Morgan fingerprint density at radius 3 is 2.24 bits per heavy atom. The Balaban J connectivity index is 1.68. The van der Waals surface area contributed by atoms with E-state index in [0.717, 1.165) is 45.1 Å². The van der Waals surface area contributed by atoms with Gasteiger partial charge in [-0.1, -0.05) is 6.42 Å². The van der Waals surface area contributed by atoms with Crippen molar-refractivity contribution >= 4 is 16.1 Å². The van der Waals surface area contributed by atoms with Gasteiger partial charge in [-0.3, -0.25) is 4.79 Å². The molecule has 0 saturated carbocycles. The molecule has 6 nitrogen and oxygen atoms in total. The fourth-order valence-corrected chi connectivity index (χ4v) is 5.47. The Kier molecular flexibility index (Phi) is 4.51. The number of rotatable bonds is 3. The van der Waals surface area contributed by atoms with E-state index < -0.39 is 10.2 Å². The Hall–Kier alpha value is -0.660. The quantitative estimate of drug-likeness (QED) is 0.774. The molecule has 3 fully saturated rings. The van der Waals surface area contributed by atoms with Gasteiger partial charge in [-0.15, -0.1) is 0 Å². The number of carbonyl (C=O) groups is 1. The fourth-order valence-electron chi connectivity index (χ4n) is 3.70. The van der Waals surface area contributed by atoms with Crippen LogP contribution in [-0.4, -0.2) is 66.6 Å². The van der Waals surface area contributed by atoms with Crippen molar-refractivity contribution in [3.05, 3.63) is 0 Å². The average Bonchev–Trinajstić information content (AvgIpc) is 2.94. The molecule has 3 heterocycles. The highest BCUT2D eigenvalue weighted by molar-refractivity contribution is 7.86. The second-order valence-electron chi connectivity index (χ2n) is 6.31. The lowest BCUT2D eigenvalue weighted by atomic mass is 10.1. The van der Waals surface area contributed by atoms with Gasteiger partial charge in [0.15, 0.2) is 0 Å². The molecule has 7 heteroatoms. The molecule has 0 aliphatic carbocycles. The number of amides is 1. The summed E-state index contributed by atoms with van der Waals surface area (Å²) in [6.07, 6.45) is 6.35. The number of carbonyl (C=O) groups excluding carboxylic acids is 1. The third-order valence-corrected chi connectivity index (χ3v) is 6.88. The number of likely N-dealkylation sites (tertiary alicyclic amines) is 1. The molecule has 1 amide bonds. The molecule has 3 aliphatic heterocycles. The van der Waals surface area contributed by atoms with Crippen LogP contribution in [-0.2, 0) is 15.0 Å². The zero-order chi connectivity index (χ0) is 14.9. The highest BCUT2D eigenvalue weighted by Crippen LogP contribution is 2.25. The summed E-state index contributed by atoms with van der Waals surface area (Å²) >= 11 is 0. The Labute approximate surface area is 127 Å². The van der Waals surface area contributed by atoms with Gasteiger partial charge in [-0.25, -0.2) is 0 Å². The Bertz CT molecular complexity index is 488. The van der Waals surface area contributed by atoms with Crippen LogP contribution >= 0.6 is 0 Å². The van der Waals surface area contributed by atoms with E-state index >= 15 is 0 Å². The number of piperidine rings is 2. The predicted molar refractivity (Wildman–Crippen MR) is 79.9 cm³/mol. The third kappa shape index (κ3) is 3.10. The van der Waals surface area contributed by atoms with Crippen LogP contribution in [0.5, 0.6) is 0 Å². The second kappa shape index (κ2) is 6.22. The van der Waals surface area contributed by atoms with Crippen LogP contribution in [0.1, 0.15) is 44.9 Å². The number of hydrogen-bond acceptors (Lipinski definition) is 3. The Morgan fingerprint density at radius 1 is 0.857 bits per heavy atom. The second-order valence-corrected chi connectivity index (χ2v) is 8.24. The lowest BCUT2D eigenvalue weighted by molar-refractivity contribution is -0.130.